The lowest BCUT2D eigenvalue weighted by Crippen LogP contribution is -2.19. The summed E-state index contributed by atoms with van der Waals surface area (Å²) in [6.07, 6.45) is 1.27. The smallest absolute Gasteiger partial charge is 0.182 e. The predicted molar refractivity (Wildman–Crippen MR) is 76.2 cm³/mol. The largest absolute Gasteiger partial charge is 0.398 e. The van der Waals surface area contributed by atoms with Gasteiger partial charge in [-0.25, -0.2) is 4.68 Å². The van der Waals surface area contributed by atoms with Crippen LogP contribution in [0, 0.1) is 5.92 Å². The van der Waals surface area contributed by atoms with Crippen LogP contribution in [0.1, 0.15) is 13.3 Å². The number of benzene rings is 1. The highest BCUT2D eigenvalue weighted by Crippen LogP contribution is 2.27. The zero-order chi connectivity index (χ0) is 14.1. The first-order valence-corrected chi connectivity index (χ1v) is 6.96. The Morgan fingerprint density at radius 1 is 1.50 bits per heavy atom. The van der Waals surface area contributed by atoms with Gasteiger partial charge in [-0.3, -0.25) is 0 Å². The van der Waals surface area contributed by atoms with Crippen LogP contribution in [0.5, 0.6) is 0 Å². The van der Waals surface area contributed by atoms with E-state index < -0.39 is 0 Å². The van der Waals surface area contributed by atoms with Crippen molar-refractivity contribution in [3.8, 4) is 11.4 Å². The number of ether oxygens (including phenoxy) is 1. The molecule has 20 heavy (non-hydrogen) atoms. The number of aromatic nitrogens is 4. The Labute approximate surface area is 121 Å². The summed E-state index contributed by atoms with van der Waals surface area (Å²) in [6, 6.07) is 5.42. The highest BCUT2D eigenvalue weighted by Gasteiger charge is 2.26. The molecule has 1 aliphatic rings. The first kappa shape index (κ1) is 13.3. The molecule has 0 amide bonds. The van der Waals surface area contributed by atoms with Gasteiger partial charge in [-0.15, -0.1) is 5.10 Å². The lowest BCUT2D eigenvalue weighted by atomic mass is 10.0. The molecule has 0 spiro atoms. The minimum absolute atomic E-state index is 0.238. The van der Waals surface area contributed by atoms with Crippen molar-refractivity contribution in [3.63, 3.8) is 0 Å². The standard InChI is InChI=1S/C13H16ClN5O/c1-8-10(4-5-20-8)7-19-13(16-17-18-19)9-2-3-12(15)11(14)6-9/h2-3,6,8,10H,4-5,7,15H2,1H3. The topological polar surface area (TPSA) is 78.8 Å². The fourth-order valence-corrected chi connectivity index (χ4v) is 2.62. The van der Waals surface area contributed by atoms with Crippen molar-refractivity contribution in [2.24, 2.45) is 5.92 Å². The molecule has 3 rings (SSSR count). The molecule has 106 valence electrons. The van der Waals surface area contributed by atoms with Crippen LogP contribution >= 0.6 is 11.6 Å². The first-order chi connectivity index (χ1) is 9.65. The summed E-state index contributed by atoms with van der Waals surface area (Å²) in [5.74, 6) is 1.13. The molecule has 1 fully saturated rings. The SMILES string of the molecule is CC1OCCC1Cn1nnnc1-c1ccc(N)c(Cl)c1. The quantitative estimate of drug-likeness (QED) is 0.876. The monoisotopic (exact) mass is 293 g/mol. The Morgan fingerprint density at radius 3 is 3.05 bits per heavy atom. The van der Waals surface area contributed by atoms with E-state index in [9.17, 15) is 0 Å². The van der Waals surface area contributed by atoms with Crippen molar-refractivity contribution in [2.75, 3.05) is 12.3 Å². The number of nitrogens with two attached hydrogens (primary N) is 1. The number of rotatable bonds is 3. The summed E-state index contributed by atoms with van der Waals surface area (Å²) < 4.78 is 7.38. The van der Waals surface area contributed by atoms with Crippen molar-refractivity contribution >= 4 is 17.3 Å². The van der Waals surface area contributed by atoms with Gasteiger partial charge in [-0.1, -0.05) is 11.6 Å². The molecule has 0 bridgehead atoms. The van der Waals surface area contributed by atoms with Crippen LogP contribution in [0.3, 0.4) is 0 Å². The molecule has 2 unspecified atom stereocenters. The van der Waals surface area contributed by atoms with E-state index in [0.717, 1.165) is 25.1 Å². The van der Waals surface area contributed by atoms with E-state index in [4.69, 9.17) is 22.1 Å². The normalized spacial score (nSPS) is 22.3. The van der Waals surface area contributed by atoms with Gasteiger partial charge in [0, 0.05) is 18.1 Å². The number of hydrogen-bond donors (Lipinski definition) is 1. The summed E-state index contributed by atoms with van der Waals surface area (Å²) >= 11 is 6.05. The molecule has 7 heteroatoms. The van der Waals surface area contributed by atoms with Gasteiger partial charge in [-0.2, -0.15) is 0 Å². The van der Waals surface area contributed by atoms with Crippen LogP contribution in [0.4, 0.5) is 5.69 Å². The van der Waals surface area contributed by atoms with E-state index in [0.29, 0.717) is 22.5 Å². The fraction of sp³-hybridized carbons (Fsp3) is 0.462. The Balaban J connectivity index is 1.87. The molecule has 1 aromatic carbocycles. The molecule has 0 aliphatic carbocycles. The highest BCUT2D eigenvalue weighted by molar-refractivity contribution is 6.33. The van der Waals surface area contributed by atoms with Crippen LogP contribution in [0.15, 0.2) is 18.2 Å². The van der Waals surface area contributed by atoms with E-state index in [1.165, 1.54) is 0 Å². The third kappa shape index (κ3) is 2.48. The summed E-state index contributed by atoms with van der Waals surface area (Å²) in [5.41, 5.74) is 7.13. The van der Waals surface area contributed by atoms with Crippen LogP contribution in [-0.2, 0) is 11.3 Å². The van der Waals surface area contributed by atoms with Crippen molar-refractivity contribution < 1.29 is 4.74 Å². The summed E-state index contributed by atoms with van der Waals surface area (Å²) in [5, 5.41) is 12.4. The van der Waals surface area contributed by atoms with E-state index >= 15 is 0 Å². The van der Waals surface area contributed by atoms with Gasteiger partial charge in [0.25, 0.3) is 0 Å². The molecule has 2 heterocycles. The minimum Gasteiger partial charge on any atom is -0.398 e. The molecule has 1 aliphatic heterocycles. The zero-order valence-corrected chi connectivity index (χ0v) is 11.9. The van der Waals surface area contributed by atoms with Gasteiger partial charge >= 0.3 is 0 Å². The maximum atomic E-state index is 6.05. The number of nitrogens with zero attached hydrogens (tertiary/aromatic N) is 4. The molecule has 0 saturated carbocycles. The molecule has 6 nitrogen and oxygen atoms in total. The Morgan fingerprint density at radius 2 is 2.35 bits per heavy atom. The van der Waals surface area contributed by atoms with E-state index in [1.807, 2.05) is 6.07 Å². The molecule has 1 saturated heterocycles. The third-order valence-electron chi connectivity index (χ3n) is 3.73. The second-order valence-electron chi connectivity index (χ2n) is 5.05. The Bertz CT molecular complexity index is 615. The maximum Gasteiger partial charge on any atom is 0.182 e. The number of anilines is 1. The third-order valence-corrected chi connectivity index (χ3v) is 4.06. The van der Waals surface area contributed by atoms with E-state index in [2.05, 4.69) is 22.4 Å². The van der Waals surface area contributed by atoms with Crippen LogP contribution in [0.2, 0.25) is 5.02 Å². The summed E-state index contributed by atoms with van der Waals surface area (Å²) in [4.78, 5) is 0. The van der Waals surface area contributed by atoms with Crippen LogP contribution < -0.4 is 5.73 Å². The number of nitrogen functional groups attached to an aromatic ring is 1. The lowest BCUT2D eigenvalue weighted by molar-refractivity contribution is 0.101. The molecule has 2 atom stereocenters. The average molecular weight is 294 g/mol. The molecule has 2 aromatic rings. The van der Waals surface area contributed by atoms with Gasteiger partial charge < -0.3 is 10.5 Å². The Kier molecular flexibility index (Phi) is 3.58. The fourth-order valence-electron chi connectivity index (χ4n) is 2.44. The minimum atomic E-state index is 0.238. The van der Waals surface area contributed by atoms with Gasteiger partial charge in [0.15, 0.2) is 5.82 Å². The highest BCUT2D eigenvalue weighted by atomic mass is 35.5. The summed E-state index contributed by atoms with van der Waals surface area (Å²) in [7, 11) is 0. The average Bonchev–Trinajstić information content (AvgIpc) is 3.04. The number of tetrazole rings is 1. The molecule has 2 N–H and O–H groups in total. The lowest BCUT2D eigenvalue weighted by Gasteiger charge is -2.14. The number of hydrogen-bond acceptors (Lipinski definition) is 5. The second-order valence-corrected chi connectivity index (χ2v) is 5.45. The van der Waals surface area contributed by atoms with Crippen molar-refractivity contribution in [1.29, 1.82) is 0 Å². The van der Waals surface area contributed by atoms with Gasteiger partial charge in [0.1, 0.15) is 0 Å². The number of halogens is 1. The Hall–Kier alpha value is -1.66. The molecular formula is C13H16ClN5O. The second kappa shape index (κ2) is 5.38. The zero-order valence-electron chi connectivity index (χ0n) is 11.2. The predicted octanol–water partition coefficient (Wildman–Crippen LogP) is 2.00. The molecule has 0 radical (unpaired) electrons. The summed E-state index contributed by atoms with van der Waals surface area (Å²) in [6.45, 7) is 3.63. The van der Waals surface area contributed by atoms with Crippen molar-refractivity contribution in [1.82, 2.24) is 20.2 Å². The maximum absolute atomic E-state index is 6.05. The van der Waals surface area contributed by atoms with Gasteiger partial charge in [0.2, 0.25) is 0 Å². The van der Waals surface area contributed by atoms with E-state index in [-0.39, 0.29) is 6.10 Å². The van der Waals surface area contributed by atoms with Crippen molar-refractivity contribution in [3.05, 3.63) is 23.2 Å². The van der Waals surface area contributed by atoms with E-state index in [1.54, 1.807) is 16.8 Å². The van der Waals surface area contributed by atoms with Crippen LogP contribution in [0.25, 0.3) is 11.4 Å². The van der Waals surface area contributed by atoms with Gasteiger partial charge in [-0.05, 0) is 42.0 Å². The molecule has 1 aromatic heterocycles. The van der Waals surface area contributed by atoms with Gasteiger partial charge in [0.05, 0.1) is 23.4 Å². The first-order valence-electron chi connectivity index (χ1n) is 6.58. The van der Waals surface area contributed by atoms with Crippen LogP contribution in [-0.4, -0.2) is 32.9 Å². The van der Waals surface area contributed by atoms with Crippen molar-refractivity contribution in [2.45, 2.75) is 26.0 Å². The molecular weight excluding hydrogens is 278 g/mol.